The van der Waals surface area contributed by atoms with Crippen LogP contribution in [-0.2, 0) is 4.84 Å². The Morgan fingerprint density at radius 1 is 1.50 bits per heavy atom. The predicted octanol–water partition coefficient (Wildman–Crippen LogP) is 1.32. The molecule has 16 heavy (non-hydrogen) atoms. The van der Waals surface area contributed by atoms with Crippen LogP contribution in [0.1, 0.15) is 45.4 Å². The summed E-state index contributed by atoms with van der Waals surface area (Å²) in [5.41, 5.74) is 2.36. The van der Waals surface area contributed by atoms with Gasteiger partial charge in [-0.3, -0.25) is 4.84 Å². The minimum Gasteiger partial charge on any atom is -0.391 e. The number of carbonyl (C=O) groups excluding carboxylic acids is 1. The number of nitrogens with one attached hydrogen (secondary N) is 2. The Kier molecular flexibility index (Phi) is 6.18. The largest absolute Gasteiger partial charge is 0.391 e. The van der Waals surface area contributed by atoms with Crippen LogP contribution in [-0.4, -0.2) is 29.9 Å². The van der Waals surface area contributed by atoms with Crippen molar-refractivity contribution in [2.45, 2.75) is 57.7 Å². The Morgan fingerprint density at radius 2 is 2.19 bits per heavy atom. The monoisotopic (exact) mass is 230 g/mol. The van der Waals surface area contributed by atoms with Crippen LogP contribution in [0.15, 0.2) is 0 Å². The van der Waals surface area contributed by atoms with E-state index in [2.05, 4.69) is 10.8 Å². The number of carbonyl (C=O) groups is 1. The van der Waals surface area contributed by atoms with Gasteiger partial charge in [-0.1, -0.05) is 26.2 Å². The lowest BCUT2D eigenvalue weighted by Crippen LogP contribution is -2.41. The third kappa shape index (κ3) is 5.32. The fourth-order valence-corrected chi connectivity index (χ4v) is 1.82. The van der Waals surface area contributed by atoms with E-state index in [0.29, 0.717) is 6.42 Å². The zero-order chi connectivity index (χ0) is 11.8. The Morgan fingerprint density at radius 3 is 2.81 bits per heavy atom. The van der Waals surface area contributed by atoms with Gasteiger partial charge in [-0.25, -0.2) is 10.3 Å². The standard InChI is InChI=1S/C11H22N2O3/c1-2-5-9(14)8-12-11(15)13-16-10-6-3-4-7-10/h9-10,14H,2-8H2,1H3,(H2,12,13,15). The zero-order valence-electron chi connectivity index (χ0n) is 9.87. The first-order valence-corrected chi connectivity index (χ1v) is 6.10. The highest BCUT2D eigenvalue weighted by atomic mass is 16.7. The van der Waals surface area contributed by atoms with Gasteiger partial charge in [0.1, 0.15) is 0 Å². The van der Waals surface area contributed by atoms with Gasteiger partial charge in [-0.05, 0) is 19.3 Å². The molecule has 0 aromatic heterocycles. The molecule has 0 heterocycles. The van der Waals surface area contributed by atoms with E-state index in [9.17, 15) is 9.90 Å². The van der Waals surface area contributed by atoms with E-state index in [4.69, 9.17) is 4.84 Å². The summed E-state index contributed by atoms with van der Waals surface area (Å²) in [7, 11) is 0. The molecule has 0 spiro atoms. The number of urea groups is 1. The number of hydrogen-bond donors (Lipinski definition) is 3. The molecule has 3 N–H and O–H groups in total. The van der Waals surface area contributed by atoms with E-state index in [-0.39, 0.29) is 18.7 Å². The molecule has 1 aliphatic rings. The topological polar surface area (TPSA) is 70.6 Å². The van der Waals surface area contributed by atoms with Crippen molar-refractivity contribution in [3.8, 4) is 0 Å². The van der Waals surface area contributed by atoms with Crippen LogP contribution in [0.3, 0.4) is 0 Å². The van der Waals surface area contributed by atoms with Crippen molar-refractivity contribution in [2.75, 3.05) is 6.54 Å². The van der Waals surface area contributed by atoms with Gasteiger partial charge in [0.15, 0.2) is 0 Å². The molecule has 1 unspecified atom stereocenters. The summed E-state index contributed by atoms with van der Waals surface area (Å²) in [6.07, 6.45) is 5.66. The van der Waals surface area contributed by atoms with Crippen molar-refractivity contribution in [3.63, 3.8) is 0 Å². The van der Waals surface area contributed by atoms with Gasteiger partial charge in [-0.15, -0.1) is 0 Å². The maximum Gasteiger partial charge on any atom is 0.338 e. The minimum absolute atomic E-state index is 0.159. The van der Waals surface area contributed by atoms with Gasteiger partial charge in [-0.2, -0.15) is 0 Å². The van der Waals surface area contributed by atoms with E-state index in [0.717, 1.165) is 19.3 Å². The first-order chi connectivity index (χ1) is 7.72. The number of hydroxylamine groups is 1. The number of aliphatic hydroxyl groups excluding tert-OH is 1. The van der Waals surface area contributed by atoms with Gasteiger partial charge in [0.05, 0.1) is 12.2 Å². The molecule has 1 aliphatic carbocycles. The fourth-order valence-electron chi connectivity index (χ4n) is 1.82. The molecule has 0 bridgehead atoms. The molecule has 1 rings (SSSR count). The molecular weight excluding hydrogens is 208 g/mol. The molecule has 1 saturated carbocycles. The summed E-state index contributed by atoms with van der Waals surface area (Å²) in [4.78, 5) is 16.5. The maximum absolute atomic E-state index is 11.3. The Balaban J connectivity index is 2.01. The lowest BCUT2D eigenvalue weighted by molar-refractivity contribution is -0.000450. The second-order valence-electron chi connectivity index (χ2n) is 4.28. The highest BCUT2D eigenvalue weighted by Gasteiger charge is 2.16. The smallest absolute Gasteiger partial charge is 0.338 e. The summed E-state index contributed by atoms with van der Waals surface area (Å²) >= 11 is 0. The van der Waals surface area contributed by atoms with Crippen molar-refractivity contribution in [1.82, 2.24) is 10.8 Å². The van der Waals surface area contributed by atoms with Gasteiger partial charge >= 0.3 is 6.03 Å². The highest BCUT2D eigenvalue weighted by molar-refractivity contribution is 5.72. The summed E-state index contributed by atoms with van der Waals surface area (Å²) < 4.78 is 0. The van der Waals surface area contributed by atoms with Crippen LogP contribution in [0, 0.1) is 0 Å². The number of rotatable bonds is 6. The Hall–Kier alpha value is -0.810. The predicted molar refractivity (Wildman–Crippen MR) is 60.8 cm³/mol. The van der Waals surface area contributed by atoms with Crippen molar-refractivity contribution >= 4 is 6.03 Å². The van der Waals surface area contributed by atoms with Crippen LogP contribution >= 0.6 is 0 Å². The van der Waals surface area contributed by atoms with Crippen LogP contribution < -0.4 is 10.8 Å². The van der Waals surface area contributed by atoms with Crippen molar-refractivity contribution in [3.05, 3.63) is 0 Å². The normalized spacial score (nSPS) is 18.4. The lowest BCUT2D eigenvalue weighted by Gasteiger charge is -2.14. The molecule has 2 amide bonds. The molecular formula is C11H22N2O3. The molecule has 0 aromatic carbocycles. The summed E-state index contributed by atoms with van der Waals surface area (Å²) in [6.45, 7) is 2.26. The number of amides is 2. The Labute approximate surface area is 96.5 Å². The zero-order valence-corrected chi connectivity index (χ0v) is 9.87. The van der Waals surface area contributed by atoms with Gasteiger partial charge in [0, 0.05) is 6.54 Å². The quantitative estimate of drug-likeness (QED) is 0.603. The molecule has 1 fully saturated rings. The maximum atomic E-state index is 11.3. The van der Waals surface area contributed by atoms with E-state index < -0.39 is 6.10 Å². The van der Waals surface area contributed by atoms with E-state index >= 15 is 0 Å². The molecule has 1 atom stereocenters. The van der Waals surface area contributed by atoms with E-state index in [1.807, 2.05) is 6.92 Å². The first-order valence-electron chi connectivity index (χ1n) is 6.10. The lowest BCUT2D eigenvalue weighted by atomic mass is 10.2. The third-order valence-corrected chi connectivity index (χ3v) is 2.74. The van der Waals surface area contributed by atoms with Crippen LogP contribution in [0.2, 0.25) is 0 Å². The molecule has 5 heteroatoms. The van der Waals surface area contributed by atoms with Crippen molar-refractivity contribution in [1.29, 1.82) is 0 Å². The molecule has 0 radical (unpaired) electrons. The van der Waals surface area contributed by atoms with Crippen LogP contribution in [0.25, 0.3) is 0 Å². The van der Waals surface area contributed by atoms with Gasteiger partial charge in [0.25, 0.3) is 0 Å². The number of hydrogen-bond acceptors (Lipinski definition) is 3. The Bertz CT molecular complexity index is 205. The van der Waals surface area contributed by atoms with Crippen LogP contribution in [0.5, 0.6) is 0 Å². The molecule has 0 saturated heterocycles. The second kappa shape index (κ2) is 7.46. The first kappa shape index (κ1) is 13.3. The fraction of sp³-hybridized carbons (Fsp3) is 0.909. The van der Waals surface area contributed by atoms with Crippen LogP contribution in [0.4, 0.5) is 4.79 Å². The number of aliphatic hydroxyl groups is 1. The molecule has 0 aromatic rings. The minimum atomic E-state index is -0.470. The van der Waals surface area contributed by atoms with E-state index in [1.54, 1.807) is 0 Å². The molecule has 94 valence electrons. The van der Waals surface area contributed by atoms with Gasteiger partial charge < -0.3 is 10.4 Å². The average Bonchev–Trinajstić information content (AvgIpc) is 2.77. The SMILES string of the molecule is CCCC(O)CNC(=O)NOC1CCCC1. The van der Waals surface area contributed by atoms with Crippen molar-refractivity contribution in [2.24, 2.45) is 0 Å². The highest BCUT2D eigenvalue weighted by Crippen LogP contribution is 2.19. The third-order valence-electron chi connectivity index (χ3n) is 2.74. The molecule has 0 aliphatic heterocycles. The van der Waals surface area contributed by atoms with E-state index in [1.165, 1.54) is 12.8 Å². The molecule has 5 nitrogen and oxygen atoms in total. The summed E-state index contributed by atoms with van der Waals surface area (Å²) in [5, 5.41) is 12.0. The average molecular weight is 230 g/mol. The summed E-state index contributed by atoms with van der Waals surface area (Å²) in [6, 6.07) is -0.373. The summed E-state index contributed by atoms with van der Waals surface area (Å²) in [5.74, 6) is 0. The van der Waals surface area contributed by atoms with Crippen molar-refractivity contribution < 1.29 is 14.7 Å². The second-order valence-corrected chi connectivity index (χ2v) is 4.28. The van der Waals surface area contributed by atoms with Gasteiger partial charge in [0.2, 0.25) is 0 Å².